The van der Waals surface area contributed by atoms with Crippen LogP contribution in [0.3, 0.4) is 0 Å². The molecule has 2 amide bonds. The highest BCUT2D eigenvalue weighted by Crippen LogP contribution is 2.38. The summed E-state index contributed by atoms with van der Waals surface area (Å²) in [5, 5.41) is 10.2. The van der Waals surface area contributed by atoms with E-state index in [1.165, 1.54) is 0 Å². The molecule has 33 heavy (non-hydrogen) atoms. The summed E-state index contributed by atoms with van der Waals surface area (Å²) < 4.78 is 5.39. The first-order chi connectivity index (χ1) is 16.0. The molecule has 7 nitrogen and oxygen atoms in total. The number of aromatic nitrogens is 1. The Labute approximate surface area is 190 Å². The molecule has 2 aliphatic rings. The van der Waals surface area contributed by atoms with Crippen LogP contribution in [0.5, 0.6) is 5.75 Å². The summed E-state index contributed by atoms with van der Waals surface area (Å²) in [6, 6.07) is 14.3. The van der Waals surface area contributed by atoms with Gasteiger partial charge in [0.05, 0.1) is 16.8 Å². The fourth-order valence-corrected chi connectivity index (χ4v) is 4.47. The number of aromatic hydroxyl groups is 1. The van der Waals surface area contributed by atoms with Gasteiger partial charge in [0.15, 0.2) is 6.61 Å². The van der Waals surface area contributed by atoms with E-state index in [1.807, 2.05) is 42.5 Å². The van der Waals surface area contributed by atoms with E-state index in [0.29, 0.717) is 48.7 Å². The van der Waals surface area contributed by atoms with Gasteiger partial charge < -0.3 is 9.84 Å². The lowest BCUT2D eigenvalue weighted by Crippen LogP contribution is -2.35. The molecule has 2 heterocycles. The lowest BCUT2D eigenvalue weighted by Gasteiger charge is -2.15. The molecule has 7 heteroatoms. The standard InChI is InChI=1S/C26H22N2O5/c29-18-10-7-16(8-11-18)14-17-9-12-20-24(19-4-1-2-5-21(19)27-25(17)20)26(32)33-15-23(31)28-13-3-6-22(28)30/h1-2,4-5,7-8,10-11,14,29H,3,6,9,12-13,15H2/b17-14+. The van der Waals surface area contributed by atoms with Crippen molar-refractivity contribution in [3.05, 3.63) is 70.9 Å². The topological polar surface area (TPSA) is 96.8 Å². The second-order valence-corrected chi connectivity index (χ2v) is 8.21. The Morgan fingerprint density at radius 3 is 2.61 bits per heavy atom. The van der Waals surface area contributed by atoms with Gasteiger partial charge in [-0.25, -0.2) is 9.78 Å². The Hall–Kier alpha value is -4.00. The van der Waals surface area contributed by atoms with Gasteiger partial charge in [-0.2, -0.15) is 0 Å². The minimum atomic E-state index is -0.587. The number of hydrogen-bond donors (Lipinski definition) is 1. The van der Waals surface area contributed by atoms with Crippen LogP contribution in [-0.4, -0.2) is 45.9 Å². The molecule has 1 saturated heterocycles. The highest BCUT2D eigenvalue weighted by Gasteiger charge is 2.30. The Morgan fingerprint density at radius 2 is 1.85 bits per heavy atom. The Morgan fingerprint density at radius 1 is 1.06 bits per heavy atom. The number of esters is 1. The summed E-state index contributed by atoms with van der Waals surface area (Å²) in [5.41, 5.74) is 4.56. The summed E-state index contributed by atoms with van der Waals surface area (Å²) in [7, 11) is 0. The van der Waals surface area contributed by atoms with Crippen molar-refractivity contribution in [2.24, 2.45) is 0 Å². The maximum atomic E-state index is 13.2. The van der Waals surface area contributed by atoms with Crippen molar-refractivity contribution in [2.75, 3.05) is 13.2 Å². The fourth-order valence-electron chi connectivity index (χ4n) is 4.47. The van der Waals surface area contributed by atoms with Gasteiger partial charge >= 0.3 is 5.97 Å². The molecule has 0 spiro atoms. The van der Waals surface area contributed by atoms with Gasteiger partial charge in [-0.1, -0.05) is 30.3 Å². The lowest BCUT2D eigenvalue weighted by atomic mass is 10.0. The van der Waals surface area contributed by atoms with Crippen molar-refractivity contribution < 1.29 is 24.2 Å². The average molecular weight is 442 g/mol. The summed E-state index contributed by atoms with van der Waals surface area (Å²) in [4.78, 5) is 43.3. The van der Waals surface area contributed by atoms with Crippen LogP contribution >= 0.6 is 0 Å². The second-order valence-electron chi connectivity index (χ2n) is 8.21. The summed E-state index contributed by atoms with van der Waals surface area (Å²) >= 11 is 0. The minimum absolute atomic E-state index is 0.198. The third-order valence-electron chi connectivity index (χ3n) is 6.08. The van der Waals surface area contributed by atoms with E-state index in [1.54, 1.807) is 12.1 Å². The predicted molar refractivity (Wildman–Crippen MR) is 122 cm³/mol. The Kier molecular flexibility index (Phi) is 5.38. The molecule has 2 aromatic carbocycles. The first-order valence-electron chi connectivity index (χ1n) is 10.9. The number of nitrogens with zero attached hydrogens (tertiary/aromatic N) is 2. The van der Waals surface area contributed by atoms with Crippen molar-refractivity contribution in [2.45, 2.75) is 25.7 Å². The van der Waals surface area contributed by atoms with E-state index in [2.05, 4.69) is 0 Å². The van der Waals surface area contributed by atoms with Crippen molar-refractivity contribution in [3.63, 3.8) is 0 Å². The number of amides is 2. The number of carbonyl (C=O) groups excluding carboxylic acids is 3. The molecule has 1 aliphatic heterocycles. The first kappa shape index (κ1) is 20.9. The van der Waals surface area contributed by atoms with Crippen molar-refractivity contribution in [1.82, 2.24) is 9.88 Å². The number of fused-ring (bicyclic) bond motifs is 2. The molecule has 1 aliphatic carbocycles. The zero-order chi connectivity index (χ0) is 22.9. The number of pyridine rings is 1. The van der Waals surface area contributed by atoms with Crippen LogP contribution in [-0.2, 0) is 20.7 Å². The number of allylic oxidation sites excluding steroid dienone is 1. The number of ether oxygens (including phenoxy) is 1. The molecule has 0 bridgehead atoms. The summed E-state index contributed by atoms with van der Waals surface area (Å²) in [6.45, 7) is -0.0968. The van der Waals surface area contributed by atoms with Crippen LogP contribution in [0.1, 0.15) is 46.4 Å². The van der Waals surface area contributed by atoms with E-state index in [4.69, 9.17) is 9.72 Å². The van der Waals surface area contributed by atoms with E-state index >= 15 is 0 Å². The number of hydrogen-bond acceptors (Lipinski definition) is 6. The largest absolute Gasteiger partial charge is 0.508 e. The van der Waals surface area contributed by atoms with E-state index in [9.17, 15) is 19.5 Å². The predicted octanol–water partition coefficient (Wildman–Crippen LogP) is 3.73. The molecule has 0 saturated carbocycles. The maximum Gasteiger partial charge on any atom is 0.339 e. The number of phenols is 1. The number of phenolic OH excluding ortho intramolecular Hbond substituents is 1. The second kappa shape index (κ2) is 8.50. The van der Waals surface area contributed by atoms with Gasteiger partial charge in [0.1, 0.15) is 5.75 Å². The van der Waals surface area contributed by atoms with Gasteiger partial charge in [-0.15, -0.1) is 0 Å². The van der Waals surface area contributed by atoms with Crippen molar-refractivity contribution >= 4 is 40.3 Å². The molecule has 166 valence electrons. The molecular weight excluding hydrogens is 420 g/mol. The Balaban J connectivity index is 1.48. The molecule has 1 N–H and O–H groups in total. The van der Waals surface area contributed by atoms with Gasteiger partial charge in [-0.3, -0.25) is 14.5 Å². The monoisotopic (exact) mass is 442 g/mol. The highest BCUT2D eigenvalue weighted by molar-refractivity contribution is 6.08. The molecule has 0 atom stereocenters. The summed E-state index contributed by atoms with van der Waals surface area (Å²) in [6.07, 6.45) is 4.32. The zero-order valence-corrected chi connectivity index (χ0v) is 17.9. The Bertz CT molecular complexity index is 1310. The van der Waals surface area contributed by atoms with E-state index < -0.39 is 18.5 Å². The maximum absolute atomic E-state index is 13.2. The van der Waals surface area contributed by atoms with Gasteiger partial charge in [0.2, 0.25) is 5.91 Å². The van der Waals surface area contributed by atoms with E-state index in [-0.39, 0.29) is 11.7 Å². The third kappa shape index (κ3) is 3.98. The van der Waals surface area contributed by atoms with Crippen LogP contribution in [0.4, 0.5) is 0 Å². The van der Waals surface area contributed by atoms with Crippen molar-refractivity contribution in [1.29, 1.82) is 0 Å². The number of carbonyl (C=O) groups is 3. The van der Waals surface area contributed by atoms with Crippen LogP contribution in [0, 0.1) is 0 Å². The highest BCUT2D eigenvalue weighted by atomic mass is 16.5. The molecule has 1 fully saturated rings. The number of imide groups is 1. The normalized spacial score (nSPS) is 16.4. The van der Waals surface area contributed by atoms with Gasteiger partial charge in [0.25, 0.3) is 5.91 Å². The first-order valence-corrected chi connectivity index (χ1v) is 10.9. The average Bonchev–Trinajstić information content (AvgIpc) is 3.43. The van der Waals surface area contributed by atoms with Crippen LogP contribution in [0.2, 0.25) is 0 Å². The van der Waals surface area contributed by atoms with Crippen molar-refractivity contribution in [3.8, 4) is 5.75 Å². The fraction of sp³-hybridized carbons (Fsp3) is 0.231. The summed E-state index contributed by atoms with van der Waals surface area (Å²) in [5.74, 6) is -1.11. The molecule has 5 rings (SSSR count). The smallest absolute Gasteiger partial charge is 0.339 e. The SMILES string of the molecule is O=C(OCC(=O)N1CCCC1=O)c1c2c(nc3ccccc13)/C(=C/c1ccc(O)cc1)CC2. The number of rotatable bonds is 4. The van der Waals surface area contributed by atoms with Crippen LogP contribution < -0.4 is 0 Å². The number of likely N-dealkylation sites (tertiary alicyclic amines) is 1. The molecule has 1 aromatic heterocycles. The van der Waals surface area contributed by atoms with Gasteiger partial charge in [-0.05, 0) is 60.2 Å². The molecule has 3 aromatic rings. The molecule has 0 radical (unpaired) electrons. The number of para-hydroxylation sites is 1. The quantitative estimate of drug-likeness (QED) is 0.619. The molecular formula is C26H22N2O5. The minimum Gasteiger partial charge on any atom is -0.508 e. The third-order valence-corrected chi connectivity index (χ3v) is 6.08. The lowest BCUT2D eigenvalue weighted by molar-refractivity contribution is -0.143. The zero-order valence-electron chi connectivity index (χ0n) is 17.9. The van der Waals surface area contributed by atoms with Gasteiger partial charge in [0, 0.05) is 18.4 Å². The van der Waals surface area contributed by atoms with Crippen LogP contribution in [0.15, 0.2) is 48.5 Å². The van der Waals surface area contributed by atoms with E-state index in [0.717, 1.165) is 27.3 Å². The number of benzene rings is 2. The van der Waals surface area contributed by atoms with Crippen LogP contribution in [0.25, 0.3) is 22.6 Å². The molecule has 0 unspecified atom stereocenters.